The van der Waals surface area contributed by atoms with Crippen molar-refractivity contribution in [3.05, 3.63) is 23.2 Å². The van der Waals surface area contributed by atoms with Crippen LogP contribution in [0.1, 0.15) is 0 Å². The molecule has 6 heteroatoms. The van der Waals surface area contributed by atoms with Gasteiger partial charge in [0.1, 0.15) is 5.52 Å². The van der Waals surface area contributed by atoms with Gasteiger partial charge in [0, 0.05) is 11.1 Å². The van der Waals surface area contributed by atoms with Gasteiger partial charge in [0.25, 0.3) is 5.22 Å². The van der Waals surface area contributed by atoms with Crippen LogP contribution in [0.3, 0.4) is 0 Å². The van der Waals surface area contributed by atoms with Gasteiger partial charge in [-0.25, -0.2) is 4.98 Å². The Morgan fingerprint density at radius 2 is 2.44 bits per heavy atom. The number of nitrogens with one attached hydrogen (secondary N) is 1. The molecule has 0 spiro atoms. The number of nitrogens with zero attached hydrogens (tertiary/aromatic N) is 1. The van der Waals surface area contributed by atoms with Gasteiger partial charge in [0.15, 0.2) is 5.58 Å². The van der Waals surface area contributed by atoms with Crippen molar-refractivity contribution in [1.29, 1.82) is 0 Å². The van der Waals surface area contributed by atoms with Crippen LogP contribution in [0.4, 0.5) is 0 Å². The first kappa shape index (κ1) is 12.8. The summed E-state index contributed by atoms with van der Waals surface area (Å²) in [6.45, 7) is 0.225. The molecule has 0 bridgehead atoms. The van der Waals surface area contributed by atoms with Gasteiger partial charge >= 0.3 is 0 Å². The highest BCUT2D eigenvalue weighted by atomic mass is 35.5. The van der Waals surface area contributed by atoms with Gasteiger partial charge in [0.05, 0.1) is 12.3 Å². The lowest BCUT2D eigenvalue weighted by Gasteiger charge is -1.97. The Labute approximate surface area is 113 Å². The summed E-state index contributed by atoms with van der Waals surface area (Å²) >= 11 is 7.04. The normalized spacial score (nSPS) is 10.2. The maximum Gasteiger partial charge on any atom is 0.257 e. The van der Waals surface area contributed by atoms with Crippen LogP contribution in [0, 0.1) is 12.3 Å². The zero-order chi connectivity index (χ0) is 13.0. The highest BCUT2D eigenvalue weighted by Crippen LogP contribution is 2.25. The quantitative estimate of drug-likeness (QED) is 0.690. The molecule has 2 aromatic rings. The van der Waals surface area contributed by atoms with Crippen molar-refractivity contribution in [3.8, 4) is 12.3 Å². The summed E-state index contributed by atoms with van der Waals surface area (Å²) in [5.74, 6) is 2.39. The molecule has 0 saturated heterocycles. The Hall–Kier alpha value is -1.64. The average molecular weight is 281 g/mol. The molecule has 0 aliphatic carbocycles. The summed E-state index contributed by atoms with van der Waals surface area (Å²) in [7, 11) is 0. The van der Waals surface area contributed by atoms with Gasteiger partial charge in [-0.2, -0.15) is 0 Å². The van der Waals surface area contributed by atoms with Crippen LogP contribution in [0.5, 0.6) is 0 Å². The number of carbonyl (C=O) groups excluding carboxylic acids is 1. The first-order valence-electron chi connectivity index (χ1n) is 5.08. The molecule has 1 aromatic heterocycles. The van der Waals surface area contributed by atoms with Crippen molar-refractivity contribution in [2.75, 3.05) is 12.3 Å². The van der Waals surface area contributed by atoms with E-state index in [9.17, 15) is 4.79 Å². The number of carbonyl (C=O) groups is 1. The number of halogens is 1. The minimum atomic E-state index is -0.154. The summed E-state index contributed by atoms with van der Waals surface area (Å²) in [4.78, 5) is 15.5. The maximum absolute atomic E-state index is 11.3. The van der Waals surface area contributed by atoms with Gasteiger partial charge in [-0.15, -0.1) is 6.42 Å². The zero-order valence-electron chi connectivity index (χ0n) is 9.27. The molecule has 0 atom stereocenters. The van der Waals surface area contributed by atoms with E-state index in [1.54, 1.807) is 18.2 Å². The monoisotopic (exact) mass is 280 g/mol. The third kappa shape index (κ3) is 3.19. The Bertz CT molecular complexity index is 618. The zero-order valence-corrected chi connectivity index (χ0v) is 10.8. The van der Waals surface area contributed by atoms with Crippen LogP contribution in [-0.2, 0) is 4.79 Å². The fraction of sp³-hybridized carbons (Fsp3) is 0.167. The Kier molecular flexibility index (Phi) is 4.13. The highest BCUT2D eigenvalue weighted by Gasteiger charge is 2.09. The largest absolute Gasteiger partial charge is 0.431 e. The van der Waals surface area contributed by atoms with Gasteiger partial charge in [-0.05, 0) is 12.1 Å². The van der Waals surface area contributed by atoms with Crippen molar-refractivity contribution in [1.82, 2.24) is 10.3 Å². The van der Waals surface area contributed by atoms with E-state index in [0.717, 1.165) is 0 Å². The molecule has 0 unspecified atom stereocenters. The van der Waals surface area contributed by atoms with E-state index in [1.807, 2.05) is 0 Å². The molecule has 0 fully saturated rings. The smallest absolute Gasteiger partial charge is 0.257 e. The maximum atomic E-state index is 11.3. The van der Waals surface area contributed by atoms with Crippen molar-refractivity contribution in [3.63, 3.8) is 0 Å². The molecule has 0 aliphatic rings. The fourth-order valence-electron chi connectivity index (χ4n) is 1.27. The third-order valence-corrected chi connectivity index (χ3v) is 3.11. The van der Waals surface area contributed by atoms with E-state index in [0.29, 0.717) is 21.3 Å². The molecule has 0 aliphatic heterocycles. The van der Waals surface area contributed by atoms with Crippen LogP contribution in [0.15, 0.2) is 27.8 Å². The SMILES string of the molecule is C#CCNC(=O)CSc1nc2ccc(Cl)cc2o1. The fourth-order valence-corrected chi connectivity index (χ4v) is 2.10. The second kappa shape index (κ2) is 5.80. The molecule has 0 saturated carbocycles. The highest BCUT2D eigenvalue weighted by molar-refractivity contribution is 7.99. The molecule has 1 heterocycles. The van der Waals surface area contributed by atoms with Crippen molar-refractivity contribution in [2.45, 2.75) is 5.22 Å². The number of aromatic nitrogens is 1. The van der Waals surface area contributed by atoms with Crippen LogP contribution < -0.4 is 5.32 Å². The molecular formula is C12H9ClN2O2S. The number of benzene rings is 1. The Morgan fingerprint density at radius 1 is 1.61 bits per heavy atom. The molecule has 1 N–H and O–H groups in total. The number of oxazole rings is 1. The first-order valence-corrected chi connectivity index (χ1v) is 6.44. The topological polar surface area (TPSA) is 55.1 Å². The Morgan fingerprint density at radius 3 is 3.22 bits per heavy atom. The summed E-state index contributed by atoms with van der Waals surface area (Å²) < 4.78 is 5.45. The minimum absolute atomic E-state index is 0.154. The lowest BCUT2D eigenvalue weighted by atomic mass is 10.3. The van der Waals surface area contributed by atoms with E-state index in [-0.39, 0.29) is 18.2 Å². The van der Waals surface area contributed by atoms with Crippen LogP contribution in [-0.4, -0.2) is 23.2 Å². The number of rotatable bonds is 4. The summed E-state index contributed by atoms with van der Waals surface area (Å²) in [6, 6.07) is 5.19. The molecule has 4 nitrogen and oxygen atoms in total. The molecule has 1 aromatic carbocycles. The number of hydrogen-bond acceptors (Lipinski definition) is 4. The van der Waals surface area contributed by atoms with E-state index in [1.165, 1.54) is 11.8 Å². The number of amides is 1. The molecule has 92 valence electrons. The van der Waals surface area contributed by atoms with E-state index >= 15 is 0 Å². The summed E-state index contributed by atoms with van der Waals surface area (Å²) in [6.07, 6.45) is 5.03. The van der Waals surface area contributed by atoms with Crippen molar-refractivity contribution in [2.24, 2.45) is 0 Å². The summed E-state index contributed by atoms with van der Waals surface area (Å²) in [5, 5.41) is 3.58. The standard InChI is InChI=1S/C12H9ClN2O2S/c1-2-5-14-11(16)7-18-12-15-9-4-3-8(13)6-10(9)17-12/h1,3-4,6H,5,7H2,(H,14,16). The molecular weight excluding hydrogens is 272 g/mol. The van der Waals surface area contributed by atoms with Gasteiger partial charge in [-0.3, -0.25) is 4.79 Å². The minimum Gasteiger partial charge on any atom is -0.431 e. The number of hydrogen-bond donors (Lipinski definition) is 1. The average Bonchev–Trinajstić information content (AvgIpc) is 2.75. The number of terminal acetylenes is 1. The van der Waals surface area contributed by atoms with Crippen LogP contribution in [0.2, 0.25) is 5.02 Å². The molecule has 1 amide bonds. The predicted octanol–water partition coefficient (Wildman–Crippen LogP) is 2.32. The lowest BCUT2D eigenvalue weighted by Crippen LogP contribution is -2.25. The third-order valence-electron chi connectivity index (χ3n) is 2.05. The van der Waals surface area contributed by atoms with Crippen molar-refractivity contribution >= 4 is 40.4 Å². The van der Waals surface area contributed by atoms with E-state index in [2.05, 4.69) is 16.2 Å². The molecule has 0 radical (unpaired) electrons. The number of thioether (sulfide) groups is 1. The molecule has 18 heavy (non-hydrogen) atoms. The van der Waals surface area contributed by atoms with E-state index < -0.39 is 0 Å². The van der Waals surface area contributed by atoms with E-state index in [4.69, 9.17) is 22.4 Å². The second-order valence-electron chi connectivity index (χ2n) is 3.36. The second-order valence-corrected chi connectivity index (χ2v) is 4.72. The van der Waals surface area contributed by atoms with Crippen molar-refractivity contribution < 1.29 is 9.21 Å². The van der Waals surface area contributed by atoms with Gasteiger partial charge < -0.3 is 9.73 Å². The Balaban J connectivity index is 2.00. The van der Waals surface area contributed by atoms with Gasteiger partial charge in [0.2, 0.25) is 5.91 Å². The van der Waals surface area contributed by atoms with Crippen LogP contribution >= 0.6 is 23.4 Å². The predicted molar refractivity (Wildman–Crippen MR) is 71.6 cm³/mol. The number of fused-ring (bicyclic) bond motifs is 1. The van der Waals surface area contributed by atoms with Crippen LogP contribution in [0.25, 0.3) is 11.1 Å². The summed E-state index contributed by atoms with van der Waals surface area (Å²) in [5.41, 5.74) is 1.32. The first-order chi connectivity index (χ1) is 8.69. The van der Waals surface area contributed by atoms with Gasteiger partial charge in [-0.1, -0.05) is 29.3 Å². The lowest BCUT2D eigenvalue weighted by molar-refractivity contribution is -0.118. The molecule has 2 rings (SSSR count).